The van der Waals surface area contributed by atoms with E-state index in [9.17, 15) is 19.8 Å². The van der Waals surface area contributed by atoms with Gasteiger partial charge in [-0.3, -0.25) is 9.59 Å². The van der Waals surface area contributed by atoms with Gasteiger partial charge in [-0.1, -0.05) is 54.6 Å². The molecule has 0 fully saturated rings. The molecule has 43 heavy (non-hydrogen) atoms. The first-order valence-electron chi connectivity index (χ1n) is 13.6. The molecule has 0 unspecified atom stereocenters. The molecule has 2 heterocycles. The molecule has 2 N–H and O–H groups in total. The third-order valence-electron chi connectivity index (χ3n) is 7.51. The molecule has 1 aromatic heterocycles. The van der Waals surface area contributed by atoms with Crippen molar-refractivity contribution in [3.8, 4) is 45.8 Å². The van der Waals surface area contributed by atoms with E-state index in [0.29, 0.717) is 35.7 Å². The van der Waals surface area contributed by atoms with Crippen molar-refractivity contribution in [3.63, 3.8) is 0 Å². The molecular weight excluding hydrogens is 552 g/mol. The van der Waals surface area contributed by atoms with Crippen molar-refractivity contribution in [2.75, 3.05) is 20.8 Å². The first-order valence-corrected chi connectivity index (χ1v) is 13.6. The number of carbonyl (C=O) groups excluding carboxylic acids is 1. The summed E-state index contributed by atoms with van der Waals surface area (Å²) in [5.41, 5.74) is 1.91. The summed E-state index contributed by atoms with van der Waals surface area (Å²) in [5.74, 6) is -1.29. The fourth-order valence-corrected chi connectivity index (χ4v) is 5.40. The van der Waals surface area contributed by atoms with E-state index in [0.717, 1.165) is 11.3 Å². The Morgan fingerprint density at radius 2 is 1.65 bits per heavy atom. The number of esters is 1. The summed E-state index contributed by atoms with van der Waals surface area (Å²) >= 11 is 0. The number of fused-ring (bicyclic) bond motifs is 3. The maximum absolute atomic E-state index is 13.3. The van der Waals surface area contributed by atoms with Gasteiger partial charge in [-0.25, -0.2) is 0 Å². The van der Waals surface area contributed by atoms with Crippen LogP contribution >= 0.6 is 0 Å². The van der Waals surface area contributed by atoms with Crippen molar-refractivity contribution in [1.29, 1.82) is 0 Å². The standard InChI is InChI=1S/C34H28O9/c1-39-21-13-11-19(12-14-21)15-16-41-32-22(9-6-10-25(32)40-2)23-17-27(36)43-34-28(23)33-29(30(37)31(34)38)24(35)18-26(42-33)20-7-4-3-5-8-20/h3-14,18,23,37-38H,15-17H2,1-2H3/t23-/m1/s1. The summed E-state index contributed by atoms with van der Waals surface area (Å²) < 4.78 is 28.9. The first-order chi connectivity index (χ1) is 20.9. The molecular formula is C34H28O9. The maximum Gasteiger partial charge on any atom is 0.312 e. The lowest BCUT2D eigenvalue weighted by Gasteiger charge is -2.28. The molecule has 5 aromatic rings. The van der Waals surface area contributed by atoms with Gasteiger partial charge in [-0.15, -0.1) is 0 Å². The molecule has 0 saturated heterocycles. The van der Waals surface area contributed by atoms with Gasteiger partial charge in [0.15, 0.2) is 28.4 Å². The van der Waals surface area contributed by atoms with Crippen LogP contribution in [0, 0.1) is 0 Å². The van der Waals surface area contributed by atoms with Crippen LogP contribution in [0.2, 0.25) is 0 Å². The molecule has 1 aliphatic rings. The van der Waals surface area contributed by atoms with E-state index in [4.69, 9.17) is 23.4 Å². The third-order valence-corrected chi connectivity index (χ3v) is 7.51. The highest BCUT2D eigenvalue weighted by molar-refractivity contribution is 5.96. The second kappa shape index (κ2) is 11.4. The van der Waals surface area contributed by atoms with Gasteiger partial charge in [-0.2, -0.15) is 0 Å². The number of phenols is 2. The topological polar surface area (TPSA) is 125 Å². The van der Waals surface area contributed by atoms with Gasteiger partial charge < -0.3 is 33.6 Å². The minimum absolute atomic E-state index is 0.00107. The highest BCUT2D eigenvalue weighted by atomic mass is 16.5. The van der Waals surface area contributed by atoms with Crippen molar-refractivity contribution in [3.05, 3.63) is 106 Å². The molecule has 1 atom stereocenters. The van der Waals surface area contributed by atoms with Gasteiger partial charge in [0.25, 0.3) is 0 Å². The fraction of sp³-hybridized carbons (Fsp3) is 0.176. The number of carbonyl (C=O) groups is 1. The van der Waals surface area contributed by atoms with Crippen LogP contribution in [0.4, 0.5) is 0 Å². The van der Waals surface area contributed by atoms with Gasteiger partial charge in [-0.05, 0) is 23.8 Å². The largest absolute Gasteiger partial charge is 0.504 e. The SMILES string of the molecule is COc1ccc(CCOc2c(OC)cccc2[C@H]2CC(=O)Oc3c(O)c(O)c4c(=O)cc(-c5ccccc5)oc4c32)cc1. The molecule has 0 radical (unpaired) electrons. The molecule has 0 spiro atoms. The van der Waals surface area contributed by atoms with E-state index in [1.54, 1.807) is 49.6 Å². The molecule has 9 heteroatoms. The van der Waals surface area contributed by atoms with Crippen molar-refractivity contribution in [1.82, 2.24) is 0 Å². The first kappa shape index (κ1) is 27.7. The lowest BCUT2D eigenvalue weighted by molar-refractivity contribution is -0.135. The van der Waals surface area contributed by atoms with Crippen LogP contribution in [0.1, 0.15) is 29.0 Å². The van der Waals surface area contributed by atoms with Crippen LogP contribution < -0.4 is 24.4 Å². The minimum atomic E-state index is -0.773. The zero-order valence-corrected chi connectivity index (χ0v) is 23.5. The predicted molar refractivity (Wildman–Crippen MR) is 159 cm³/mol. The Balaban J connectivity index is 1.49. The van der Waals surface area contributed by atoms with Gasteiger partial charge in [0, 0.05) is 29.5 Å². The van der Waals surface area contributed by atoms with Crippen molar-refractivity contribution in [2.24, 2.45) is 0 Å². The van der Waals surface area contributed by atoms with Crippen LogP contribution in [-0.4, -0.2) is 37.0 Å². The summed E-state index contributed by atoms with van der Waals surface area (Å²) in [4.78, 5) is 26.2. The van der Waals surface area contributed by atoms with E-state index in [1.807, 2.05) is 30.3 Å². The Morgan fingerprint density at radius 1 is 0.884 bits per heavy atom. The Hall–Kier alpha value is -5.44. The number of methoxy groups -OCH3 is 2. The molecule has 0 bridgehead atoms. The maximum atomic E-state index is 13.3. The normalized spacial score (nSPS) is 14.2. The van der Waals surface area contributed by atoms with Gasteiger partial charge in [0.1, 0.15) is 22.5 Å². The number of benzene rings is 4. The number of hydrogen-bond acceptors (Lipinski definition) is 9. The van der Waals surface area contributed by atoms with E-state index < -0.39 is 28.8 Å². The Bertz CT molecular complexity index is 1880. The number of para-hydroxylation sites is 1. The second-order valence-corrected chi connectivity index (χ2v) is 10.0. The van der Waals surface area contributed by atoms with E-state index >= 15 is 0 Å². The van der Waals surface area contributed by atoms with E-state index in [2.05, 4.69) is 0 Å². The third kappa shape index (κ3) is 5.10. The lowest BCUT2D eigenvalue weighted by Crippen LogP contribution is -2.23. The molecule has 9 nitrogen and oxygen atoms in total. The Morgan fingerprint density at radius 3 is 2.37 bits per heavy atom. The van der Waals surface area contributed by atoms with Crippen LogP contribution in [0.5, 0.6) is 34.5 Å². The van der Waals surface area contributed by atoms with Gasteiger partial charge >= 0.3 is 5.97 Å². The number of aromatic hydroxyl groups is 2. The van der Waals surface area contributed by atoms with Gasteiger partial charge in [0.05, 0.1) is 32.8 Å². The molecule has 218 valence electrons. The average molecular weight is 581 g/mol. The highest BCUT2D eigenvalue weighted by Crippen LogP contribution is 2.54. The Labute approximate surface area is 246 Å². The van der Waals surface area contributed by atoms with E-state index in [-0.39, 0.29) is 34.5 Å². The highest BCUT2D eigenvalue weighted by Gasteiger charge is 2.38. The summed E-state index contributed by atoms with van der Waals surface area (Å²) in [6.45, 7) is 0.290. The summed E-state index contributed by atoms with van der Waals surface area (Å²) in [5, 5.41) is 21.6. The summed E-state index contributed by atoms with van der Waals surface area (Å²) in [6.07, 6.45) is 0.436. The fourth-order valence-electron chi connectivity index (χ4n) is 5.40. The second-order valence-electron chi connectivity index (χ2n) is 10.0. The van der Waals surface area contributed by atoms with Crippen molar-refractivity contribution in [2.45, 2.75) is 18.8 Å². The molecule has 0 amide bonds. The van der Waals surface area contributed by atoms with Crippen LogP contribution in [-0.2, 0) is 11.2 Å². The van der Waals surface area contributed by atoms with E-state index in [1.165, 1.54) is 13.2 Å². The predicted octanol–water partition coefficient (Wildman–Crippen LogP) is 5.95. The number of phenolic OH excluding ortho intramolecular Hbond substituents is 2. The van der Waals surface area contributed by atoms with Crippen LogP contribution in [0.15, 0.2) is 88.1 Å². The number of hydrogen-bond donors (Lipinski definition) is 2. The quantitative estimate of drug-likeness (QED) is 0.130. The zero-order chi connectivity index (χ0) is 30.1. The number of ether oxygens (including phenoxy) is 4. The number of rotatable bonds is 8. The smallest absolute Gasteiger partial charge is 0.312 e. The molecule has 6 rings (SSSR count). The molecule has 0 saturated carbocycles. The monoisotopic (exact) mass is 580 g/mol. The van der Waals surface area contributed by atoms with Crippen molar-refractivity contribution < 1.29 is 38.4 Å². The summed E-state index contributed by atoms with van der Waals surface area (Å²) in [7, 11) is 3.13. The zero-order valence-electron chi connectivity index (χ0n) is 23.5. The lowest BCUT2D eigenvalue weighted by atomic mass is 9.84. The molecule has 1 aliphatic heterocycles. The molecule has 0 aliphatic carbocycles. The van der Waals surface area contributed by atoms with Crippen LogP contribution in [0.25, 0.3) is 22.3 Å². The van der Waals surface area contributed by atoms with Gasteiger partial charge in [0.2, 0.25) is 5.75 Å². The minimum Gasteiger partial charge on any atom is -0.504 e. The van der Waals surface area contributed by atoms with Crippen molar-refractivity contribution >= 4 is 16.9 Å². The Kier molecular flexibility index (Phi) is 7.38. The molecule has 4 aromatic carbocycles. The average Bonchev–Trinajstić information content (AvgIpc) is 3.03. The van der Waals surface area contributed by atoms with Crippen LogP contribution in [0.3, 0.4) is 0 Å². The summed E-state index contributed by atoms with van der Waals surface area (Å²) in [6, 6.07) is 23.2.